The van der Waals surface area contributed by atoms with E-state index in [1.807, 2.05) is 31.3 Å². The molecule has 0 aliphatic carbocycles. The van der Waals surface area contributed by atoms with Crippen LogP contribution in [0.25, 0.3) is 0 Å². The Bertz CT molecular complexity index is 250. The Morgan fingerprint density at radius 1 is 1.31 bits per heavy atom. The number of hydrogen-bond acceptors (Lipinski definition) is 2. The second-order valence-corrected chi connectivity index (χ2v) is 3.33. The minimum atomic E-state index is 0.776. The fourth-order valence-electron chi connectivity index (χ4n) is 1.10. The van der Waals surface area contributed by atoms with Gasteiger partial charge in [-0.25, -0.2) is 0 Å². The summed E-state index contributed by atoms with van der Waals surface area (Å²) in [5.74, 6) is 0. The van der Waals surface area contributed by atoms with Crippen molar-refractivity contribution in [2.24, 2.45) is 0 Å². The van der Waals surface area contributed by atoms with Gasteiger partial charge in [0, 0.05) is 17.3 Å². The standard InChI is InChI=1S/C10H15ClN2/c1-12-6-3-7-13-10-5-2-4-9(11)8-10/h2,4-5,8,12-13H,3,6-7H2,1H3. The Morgan fingerprint density at radius 2 is 2.15 bits per heavy atom. The Balaban J connectivity index is 2.28. The molecule has 0 fully saturated rings. The van der Waals surface area contributed by atoms with Crippen LogP contribution in [-0.4, -0.2) is 20.1 Å². The van der Waals surface area contributed by atoms with Crippen LogP contribution in [0.5, 0.6) is 0 Å². The summed E-state index contributed by atoms with van der Waals surface area (Å²) in [7, 11) is 1.96. The zero-order valence-corrected chi connectivity index (χ0v) is 8.56. The number of benzene rings is 1. The highest BCUT2D eigenvalue weighted by Gasteiger charge is 1.91. The van der Waals surface area contributed by atoms with Crippen LogP contribution in [0, 0.1) is 0 Å². The first-order valence-corrected chi connectivity index (χ1v) is 4.85. The second-order valence-electron chi connectivity index (χ2n) is 2.89. The van der Waals surface area contributed by atoms with E-state index < -0.39 is 0 Å². The number of rotatable bonds is 5. The summed E-state index contributed by atoms with van der Waals surface area (Å²) < 4.78 is 0. The van der Waals surface area contributed by atoms with Gasteiger partial charge in [-0.1, -0.05) is 17.7 Å². The lowest BCUT2D eigenvalue weighted by atomic mass is 10.3. The van der Waals surface area contributed by atoms with Crippen molar-refractivity contribution >= 4 is 17.3 Å². The molecule has 0 aromatic heterocycles. The summed E-state index contributed by atoms with van der Waals surface area (Å²) in [5.41, 5.74) is 1.09. The van der Waals surface area contributed by atoms with Crippen molar-refractivity contribution in [2.45, 2.75) is 6.42 Å². The van der Waals surface area contributed by atoms with Gasteiger partial charge in [0.25, 0.3) is 0 Å². The van der Waals surface area contributed by atoms with Gasteiger partial charge in [-0.15, -0.1) is 0 Å². The molecule has 0 saturated heterocycles. The van der Waals surface area contributed by atoms with Crippen LogP contribution in [0.15, 0.2) is 24.3 Å². The van der Waals surface area contributed by atoms with Gasteiger partial charge >= 0.3 is 0 Å². The molecule has 13 heavy (non-hydrogen) atoms. The van der Waals surface area contributed by atoms with E-state index in [1.54, 1.807) is 0 Å². The van der Waals surface area contributed by atoms with E-state index in [2.05, 4.69) is 10.6 Å². The smallest absolute Gasteiger partial charge is 0.0426 e. The van der Waals surface area contributed by atoms with Crippen molar-refractivity contribution in [1.29, 1.82) is 0 Å². The third kappa shape index (κ3) is 4.15. The molecule has 0 bridgehead atoms. The first-order valence-electron chi connectivity index (χ1n) is 4.47. The van der Waals surface area contributed by atoms with Crippen molar-refractivity contribution in [3.8, 4) is 0 Å². The van der Waals surface area contributed by atoms with Gasteiger partial charge in [0.15, 0.2) is 0 Å². The van der Waals surface area contributed by atoms with Crippen LogP contribution in [-0.2, 0) is 0 Å². The molecule has 0 unspecified atom stereocenters. The minimum Gasteiger partial charge on any atom is -0.385 e. The highest BCUT2D eigenvalue weighted by Crippen LogP contribution is 2.14. The van der Waals surface area contributed by atoms with Crippen LogP contribution in [0.1, 0.15) is 6.42 Å². The summed E-state index contributed by atoms with van der Waals surface area (Å²) in [4.78, 5) is 0. The topological polar surface area (TPSA) is 24.1 Å². The minimum absolute atomic E-state index is 0.776. The van der Waals surface area contributed by atoms with Gasteiger partial charge in [-0.3, -0.25) is 0 Å². The fraction of sp³-hybridized carbons (Fsp3) is 0.400. The monoisotopic (exact) mass is 198 g/mol. The number of nitrogens with one attached hydrogen (secondary N) is 2. The van der Waals surface area contributed by atoms with E-state index in [4.69, 9.17) is 11.6 Å². The molecule has 0 aliphatic heterocycles. The zero-order chi connectivity index (χ0) is 9.52. The molecule has 0 aliphatic rings. The number of halogens is 1. The fourth-order valence-corrected chi connectivity index (χ4v) is 1.29. The maximum atomic E-state index is 5.83. The van der Waals surface area contributed by atoms with Gasteiger partial charge in [0.1, 0.15) is 0 Å². The molecule has 0 heterocycles. The van der Waals surface area contributed by atoms with E-state index in [9.17, 15) is 0 Å². The second kappa shape index (κ2) is 5.84. The van der Waals surface area contributed by atoms with Gasteiger partial charge in [-0.2, -0.15) is 0 Å². The quantitative estimate of drug-likeness (QED) is 0.710. The van der Waals surface area contributed by atoms with Gasteiger partial charge < -0.3 is 10.6 Å². The van der Waals surface area contributed by atoms with Gasteiger partial charge in [0.05, 0.1) is 0 Å². The summed E-state index contributed by atoms with van der Waals surface area (Å²) in [5, 5.41) is 7.17. The molecule has 3 heteroatoms. The molecule has 1 aromatic rings. The SMILES string of the molecule is CNCCCNc1cccc(Cl)c1. The highest BCUT2D eigenvalue weighted by molar-refractivity contribution is 6.30. The summed E-state index contributed by atoms with van der Waals surface area (Å²) in [6, 6.07) is 7.77. The Labute approximate surface area is 84.3 Å². The van der Waals surface area contributed by atoms with Crippen LogP contribution >= 0.6 is 11.6 Å². The van der Waals surface area contributed by atoms with E-state index in [1.165, 1.54) is 0 Å². The molecule has 1 rings (SSSR count). The number of anilines is 1. The normalized spacial score (nSPS) is 10.0. The third-order valence-electron chi connectivity index (χ3n) is 1.76. The van der Waals surface area contributed by atoms with E-state index in [0.29, 0.717) is 0 Å². The molecular formula is C10H15ClN2. The number of hydrogen-bond donors (Lipinski definition) is 2. The lowest BCUT2D eigenvalue weighted by Crippen LogP contribution is -2.12. The van der Waals surface area contributed by atoms with E-state index in [-0.39, 0.29) is 0 Å². The molecule has 2 nitrogen and oxygen atoms in total. The predicted octanol–water partition coefficient (Wildman–Crippen LogP) is 2.36. The molecule has 72 valence electrons. The summed E-state index contributed by atoms with van der Waals surface area (Å²) >= 11 is 5.83. The molecule has 0 atom stereocenters. The lowest BCUT2D eigenvalue weighted by Gasteiger charge is -2.05. The zero-order valence-electron chi connectivity index (χ0n) is 7.81. The molecule has 0 radical (unpaired) electrons. The van der Waals surface area contributed by atoms with Crippen LogP contribution in [0.3, 0.4) is 0 Å². The van der Waals surface area contributed by atoms with E-state index in [0.717, 1.165) is 30.2 Å². The van der Waals surface area contributed by atoms with Crippen molar-refractivity contribution in [3.63, 3.8) is 0 Å². The van der Waals surface area contributed by atoms with Crippen LogP contribution in [0.2, 0.25) is 5.02 Å². The maximum absolute atomic E-state index is 5.83. The van der Waals surface area contributed by atoms with E-state index >= 15 is 0 Å². The Kier molecular flexibility index (Phi) is 4.65. The largest absolute Gasteiger partial charge is 0.385 e. The van der Waals surface area contributed by atoms with Crippen LogP contribution < -0.4 is 10.6 Å². The van der Waals surface area contributed by atoms with Crippen molar-refractivity contribution in [1.82, 2.24) is 5.32 Å². The summed E-state index contributed by atoms with van der Waals surface area (Å²) in [6.45, 7) is 2.01. The van der Waals surface area contributed by atoms with Gasteiger partial charge in [-0.05, 0) is 38.2 Å². The molecule has 0 amide bonds. The molecule has 0 saturated carbocycles. The average Bonchev–Trinajstić information content (AvgIpc) is 2.13. The van der Waals surface area contributed by atoms with Crippen molar-refractivity contribution in [2.75, 3.05) is 25.5 Å². The van der Waals surface area contributed by atoms with Gasteiger partial charge in [0.2, 0.25) is 0 Å². The lowest BCUT2D eigenvalue weighted by molar-refractivity contribution is 0.748. The molecule has 2 N–H and O–H groups in total. The first-order chi connectivity index (χ1) is 6.33. The average molecular weight is 199 g/mol. The van der Waals surface area contributed by atoms with Crippen molar-refractivity contribution < 1.29 is 0 Å². The predicted molar refractivity (Wildman–Crippen MR) is 58.5 cm³/mol. The molecule has 1 aromatic carbocycles. The molecular weight excluding hydrogens is 184 g/mol. The maximum Gasteiger partial charge on any atom is 0.0426 e. The molecule has 0 spiro atoms. The summed E-state index contributed by atoms with van der Waals surface area (Å²) in [6.07, 6.45) is 1.11. The van der Waals surface area contributed by atoms with Crippen molar-refractivity contribution in [3.05, 3.63) is 29.3 Å². The van der Waals surface area contributed by atoms with Crippen LogP contribution in [0.4, 0.5) is 5.69 Å². The Hall–Kier alpha value is -0.730. The third-order valence-corrected chi connectivity index (χ3v) is 1.99. The highest BCUT2D eigenvalue weighted by atomic mass is 35.5. The first kappa shape index (κ1) is 10.4. The Morgan fingerprint density at radius 3 is 2.85 bits per heavy atom.